The molecular weight excluding hydrogens is 296 g/mol. The second kappa shape index (κ2) is 4.93. The average Bonchev–Trinajstić information content (AvgIpc) is 2.71. The van der Waals surface area contributed by atoms with Crippen molar-refractivity contribution in [3.05, 3.63) is 45.9 Å². The molecule has 0 aliphatic carbocycles. The van der Waals surface area contributed by atoms with E-state index in [1.54, 1.807) is 16.9 Å². The van der Waals surface area contributed by atoms with E-state index in [4.69, 9.17) is 11.6 Å². The minimum atomic E-state index is -0.268. The number of nitrogens with zero attached hydrogens (tertiary/aromatic N) is 3. The Labute approximate surface area is 105 Å². The van der Waals surface area contributed by atoms with Crippen LogP contribution in [0.25, 0.3) is 0 Å². The standard InChI is InChI=1S/C10H8BrClFN3/c11-10-2-1-8(13)3-7(10)5-16-6-9(4-12)14-15-16/h1-3,6H,4-5H2. The van der Waals surface area contributed by atoms with Crippen molar-refractivity contribution < 1.29 is 4.39 Å². The summed E-state index contributed by atoms with van der Waals surface area (Å²) in [6, 6.07) is 4.54. The first kappa shape index (κ1) is 11.5. The Bertz CT molecular complexity index is 501. The Balaban J connectivity index is 2.22. The molecule has 0 unspecified atom stereocenters. The van der Waals surface area contributed by atoms with Crippen molar-refractivity contribution in [1.82, 2.24) is 15.0 Å². The van der Waals surface area contributed by atoms with E-state index in [0.29, 0.717) is 18.1 Å². The highest BCUT2D eigenvalue weighted by molar-refractivity contribution is 9.10. The zero-order valence-electron chi connectivity index (χ0n) is 8.20. The van der Waals surface area contributed by atoms with Gasteiger partial charge < -0.3 is 0 Å². The molecule has 0 spiro atoms. The number of alkyl halides is 1. The van der Waals surface area contributed by atoms with Gasteiger partial charge in [-0.1, -0.05) is 21.1 Å². The molecule has 0 atom stereocenters. The van der Waals surface area contributed by atoms with Gasteiger partial charge in [0.25, 0.3) is 0 Å². The van der Waals surface area contributed by atoms with Gasteiger partial charge in [0.1, 0.15) is 5.82 Å². The lowest BCUT2D eigenvalue weighted by Crippen LogP contribution is -2.01. The monoisotopic (exact) mass is 303 g/mol. The van der Waals surface area contributed by atoms with Gasteiger partial charge in [-0.2, -0.15) is 0 Å². The van der Waals surface area contributed by atoms with Crippen LogP contribution < -0.4 is 0 Å². The van der Waals surface area contributed by atoms with E-state index in [-0.39, 0.29) is 5.82 Å². The predicted octanol–water partition coefficient (Wildman–Crippen LogP) is 2.97. The van der Waals surface area contributed by atoms with Crippen molar-refractivity contribution in [2.24, 2.45) is 0 Å². The number of hydrogen-bond donors (Lipinski definition) is 0. The molecular formula is C10H8BrClFN3. The highest BCUT2D eigenvalue weighted by atomic mass is 79.9. The van der Waals surface area contributed by atoms with Crippen LogP contribution in [0.15, 0.2) is 28.9 Å². The summed E-state index contributed by atoms with van der Waals surface area (Å²) in [5.41, 5.74) is 1.51. The Morgan fingerprint density at radius 1 is 1.44 bits per heavy atom. The van der Waals surface area contributed by atoms with Crippen LogP contribution in [0.2, 0.25) is 0 Å². The van der Waals surface area contributed by atoms with Crippen molar-refractivity contribution in [2.75, 3.05) is 0 Å². The van der Waals surface area contributed by atoms with E-state index >= 15 is 0 Å². The molecule has 0 N–H and O–H groups in total. The largest absolute Gasteiger partial charge is 0.248 e. The maximum atomic E-state index is 13.0. The van der Waals surface area contributed by atoms with Crippen molar-refractivity contribution in [3.8, 4) is 0 Å². The highest BCUT2D eigenvalue weighted by Crippen LogP contribution is 2.18. The summed E-state index contributed by atoms with van der Waals surface area (Å²) in [7, 11) is 0. The highest BCUT2D eigenvalue weighted by Gasteiger charge is 2.05. The molecule has 3 nitrogen and oxygen atoms in total. The summed E-state index contributed by atoms with van der Waals surface area (Å²) >= 11 is 8.97. The van der Waals surface area contributed by atoms with Crippen molar-refractivity contribution in [3.63, 3.8) is 0 Å². The lowest BCUT2D eigenvalue weighted by Gasteiger charge is -2.03. The third-order valence-electron chi connectivity index (χ3n) is 2.06. The van der Waals surface area contributed by atoms with E-state index in [2.05, 4.69) is 26.2 Å². The first-order valence-corrected chi connectivity index (χ1v) is 5.90. The van der Waals surface area contributed by atoms with E-state index in [1.165, 1.54) is 12.1 Å². The average molecular weight is 305 g/mol. The predicted molar refractivity (Wildman–Crippen MR) is 62.8 cm³/mol. The number of benzene rings is 1. The fourth-order valence-electron chi connectivity index (χ4n) is 1.32. The van der Waals surface area contributed by atoms with Gasteiger partial charge in [0.15, 0.2) is 0 Å². The molecule has 84 valence electrons. The van der Waals surface area contributed by atoms with Crippen LogP contribution in [0, 0.1) is 5.82 Å². The molecule has 0 bridgehead atoms. The summed E-state index contributed by atoms with van der Waals surface area (Å²) < 4.78 is 15.5. The molecule has 0 radical (unpaired) electrons. The van der Waals surface area contributed by atoms with Crippen molar-refractivity contribution in [1.29, 1.82) is 0 Å². The number of halogens is 3. The molecule has 6 heteroatoms. The lowest BCUT2D eigenvalue weighted by atomic mass is 10.2. The second-order valence-electron chi connectivity index (χ2n) is 3.28. The molecule has 2 rings (SSSR count). The van der Waals surface area contributed by atoms with Crippen LogP contribution >= 0.6 is 27.5 Å². The van der Waals surface area contributed by atoms with Crippen LogP contribution in [-0.4, -0.2) is 15.0 Å². The minimum Gasteiger partial charge on any atom is -0.248 e. The molecule has 1 aromatic carbocycles. The van der Waals surface area contributed by atoms with E-state index in [9.17, 15) is 4.39 Å². The summed E-state index contributed by atoms with van der Waals surface area (Å²) in [6.07, 6.45) is 1.74. The number of aromatic nitrogens is 3. The molecule has 0 aliphatic heterocycles. The summed E-state index contributed by atoms with van der Waals surface area (Å²) in [4.78, 5) is 0. The minimum absolute atomic E-state index is 0.268. The second-order valence-corrected chi connectivity index (χ2v) is 4.40. The normalized spacial score (nSPS) is 10.7. The summed E-state index contributed by atoms with van der Waals surface area (Å²) in [6.45, 7) is 0.461. The Hall–Kier alpha value is -0.940. The topological polar surface area (TPSA) is 30.7 Å². The van der Waals surface area contributed by atoms with Crippen LogP contribution in [-0.2, 0) is 12.4 Å². The maximum absolute atomic E-state index is 13.0. The first-order valence-electron chi connectivity index (χ1n) is 4.58. The van der Waals surface area contributed by atoms with Crippen molar-refractivity contribution >= 4 is 27.5 Å². The number of hydrogen-bond acceptors (Lipinski definition) is 2. The van der Waals surface area contributed by atoms with E-state index < -0.39 is 0 Å². The summed E-state index contributed by atoms with van der Waals surface area (Å²) in [5, 5.41) is 7.75. The van der Waals surface area contributed by atoms with Crippen LogP contribution in [0.4, 0.5) is 4.39 Å². The molecule has 1 heterocycles. The summed E-state index contributed by atoms with van der Waals surface area (Å²) in [5.74, 6) is 0.0560. The molecule has 0 aliphatic rings. The fourth-order valence-corrected chi connectivity index (χ4v) is 1.81. The molecule has 0 amide bonds. The van der Waals surface area contributed by atoms with Crippen LogP contribution in [0.3, 0.4) is 0 Å². The third kappa shape index (κ3) is 2.59. The van der Waals surface area contributed by atoms with Gasteiger partial charge in [0, 0.05) is 4.47 Å². The van der Waals surface area contributed by atoms with E-state index in [1.807, 2.05) is 0 Å². The van der Waals surface area contributed by atoms with Gasteiger partial charge in [0.05, 0.1) is 24.3 Å². The quantitative estimate of drug-likeness (QED) is 0.816. The first-order chi connectivity index (χ1) is 7.69. The van der Waals surface area contributed by atoms with Crippen LogP contribution in [0.1, 0.15) is 11.3 Å². The molecule has 0 saturated carbocycles. The van der Waals surface area contributed by atoms with Gasteiger partial charge in [-0.05, 0) is 23.8 Å². The number of rotatable bonds is 3. The van der Waals surface area contributed by atoms with Gasteiger partial charge in [0.2, 0.25) is 0 Å². The van der Waals surface area contributed by atoms with Gasteiger partial charge >= 0.3 is 0 Å². The van der Waals surface area contributed by atoms with E-state index in [0.717, 1.165) is 10.0 Å². The van der Waals surface area contributed by atoms with Crippen molar-refractivity contribution in [2.45, 2.75) is 12.4 Å². The smallest absolute Gasteiger partial charge is 0.123 e. The fraction of sp³-hybridized carbons (Fsp3) is 0.200. The zero-order valence-corrected chi connectivity index (χ0v) is 10.5. The van der Waals surface area contributed by atoms with Gasteiger partial charge in [-0.3, -0.25) is 0 Å². The molecule has 0 fully saturated rings. The zero-order chi connectivity index (χ0) is 11.5. The third-order valence-corrected chi connectivity index (χ3v) is 3.11. The molecule has 1 aromatic heterocycles. The Kier molecular flexibility index (Phi) is 3.56. The molecule has 0 saturated heterocycles. The maximum Gasteiger partial charge on any atom is 0.123 e. The van der Waals surface area contributed by atoms with Gasteiger partial charge in [-0.15, -0.1) is 16.7 Å². The van der Waals surface area contributed by atoms with Gasteiger partial charge in [-0.25, -0.2) is 9.07 Å². The SMILES string of the molecule is Fc1ccc(Br)c(Cn2cc(CCl)nn2)c1. The van der Waals surface area contributed by atoms with Crippen LogP contribution in [0.5, 0.6) is 0 Å². The Morgan fingerprint density at radius 2 is 2.25 bits per heavy atom. The Morgan fingerprint density at radius 3 is 2.94 bits per heavy atom. The molecule has 2 aromatic rings. The molecule has 16 heavy (non-hydrogen) atoms. The lowest BCUT2D eigenvalue weighted by molar-refractivity contribution is 0.613.